The second kappa shape index (κ2) is 3.90. The van der Waals surface area contributed by atoms with Crippen molar-refractivity contribution in [3.05, 3.63) is 39.8 Å². The zero-order valence-electron chi connectivity index (χ0n) is 7.76. The maximum atomic E-state index is 13.1. The van der Waals surface area contributed by atoms with E-state index < -0.39 is 0 Å². The molecule has 0 amide bonds. The third-order valence-corrected chi connectivity index (χ3v) is 2.64. The van der Waals surface area contributed by atoms with Crippen LogP contribution >= 0.6 is 28.1 Å². The normalized spacial score (nSPS) is 10.8. The molecule has 0 unspecified atom stereocenters. The molecule has 78 valence electrons. The predicted octanol–water partition coefficient (Wildman–Crippen LogP) is 3.75. The van der Waals surface area contributed by atoms with Crippen LogP contribution in [0.1, 0.15) is 0 Å². The molecular weight excluding hydrogens is 279 g/mol. The summed E-state index contributed by atoms with van der Waals surface area (Å²) < 4.78 is 16.2. The quantitative estimate of drug-likeness (QED) is 0.834. The third kappa shape index (κ3) is 2.03. The highest BCUT2D eigenvalue weighted by molar-refractivity contribution is 9.11. The fourth-order valence-corrected chi connectivity index (χ4v) is 1.98. The first-order valence-corrected chi connectivity index (χ1v) is 5.49. The second-order valence-electron chi connectivity index (χ2n) is 3.20. The van der Waals surface area contributed by atoms with E-state index in [2.05, 4.69) is 27.5 Å². The predicted molar refractivity (Wildman–Crippen MR) is 65.1 cm³/mol. The first-order chi connectivity index (χ1) is 7.08. The Kier molecular flexibility index (Phi) is 2.75. The van der Waals surface area contributed by atoms with Crippen molar-refractivity contribution in [1.29, 1.82) is 0 Å². The van der Waals surface area contributed by atoms with Crippen LogP contribution in [-0.2, 0) is 6.54 Å². The average Bonchev–Trinajstić information content (AvgIpc) is 2.43. The Morgan fingerprint density at radius 3 is 3.00 bits per heavy atom. The lowest BCUT2D eigenvalue weighted by Gasteiger charge is -2.02. The minimum Gasteiger partial charge on any atom is -0.331 e. The molecule has 2 aromatic rings. The van der Waals surface area contributed by atoms with Crippen LogP contribution in [0, 0.1) is 10.6 Å². The van der Waals surface area contributed by atoms with Gasteiger partial charge in [-0.05, 0) is 30.4 Å². The van der Waals surface area contributed by atoms with Gasteiger partial charge in [-0.3, -0.25) is 0 Å². The molecule has 0 saturated heterocycles. The summed E-state index contributed by atoms with van der Waals surface area (Å²) in [6.45, 7) is 4.27. The highest BCUT2D eigenvalue weighted by Gasteiger charge is 2.05. The molecule has 15 heavy (non-hydrogen) atoms. The molecular formula is C10H8BrFN2S. The van der Waals surface area contributed by atoms with Gasteiger partial charge in [-0.15, -0.1) is 0 Å². The molecule has 1 heterocycles. The zero-order chi connectivity index (χ0) is 11.0. The molecule has 0 spiro atoms. The topological polar surface area (TPSA) is 20.7 Å². The van der Waals surface area contributed by atoms with Gasteiger partial charge < -0.3 is 9.55 Å². The van der Waals surface area contributed by atoms with Gasteiger partial charge in [0.2, 0.25) is 0 Å². The molecule has 1 N–H and O–H groups in total. The van der Waals surface area contributed by atoms with E-state index in [0.29, 0.717) is 11.3 Å². The monoisotopic (exact) mass is 286 g/mol. The summed E-state index contributed by atoms with van der Waals surface area (Å²) in [5.74, 6) is -0.273. The number of hydrogen-bond donors (Lipinski definition) is 1. The van der Waals surface area contributed by atoms with E-state index in [1.165, 1.54) is 12.1 Å². The number of benzene rings is 1. The fourth-order valence-electron chi connectivity index (χ4n) is 1.45. The van der Waals surface area contributed by atoms with Crippen LogP contribution in [0.4, 0.5) is 4.39 Å². The molecule has 0 aliphatic heterocycles. The maximum absolute atomic E-state index is 13.1. The highest BCUT2D eigenvalue weighted by Crippen LogP contribution is 2.17. The van der Waals surface area contributed by atoms with Crippen molar-refractivity contribution < 1.29 is 4.39 Å². The van der Waals surface area contributed by atoms with Crippen LogP contribution in [-0.4, -0.2) is 9.55 Å². The number of nitrogens with one attached hydrogen (secondary N) is 1. The van der Waals surface area contributed by atoms with Gasteiger partial charge in [-0.25, -0.2) is 4.39 Å². The summed E-state index contributed by atoms with van der Waals surface area (Å²) >= 11 is 8.40. The van der Waals surface area contributed by atoms with Crippen molar-refractivity contribution in [3.8, 4) is 0 Å². The Morgan fingerprint density at radius 2 is 2.33 bits per heavy atom. The fraction of sp³-hybridized carbons (Fsp3) is 0.100. The van der Waals surface area contributed by atoms with Crippen molar-refractivity contribution in [1.82, 2.24) is 9.55 Å². The number of halogens is 2. The zero-order valence-corrected chi connectivity index (χ0v) is 10.2. The second-order valence-corrected chi connectivity index (χ2v) is 4.70. The largest absolute Gasteiger partial charge is 0.331 e. The van der Waals surface area contributed by atoms with Crippen molar-refractivity contribution in [2.75, 3.05) is 0 Å². The van der Waals surface area contributed by atoms with E-state index in [1.54, 1.807) is 10.6 Å². The van der Waals surface area contributed by atoms with Gasteiger partial charge in [0.25, 0.3) is 0 Å². The molecule has 5 heteroatoms. The molecule has 1 aromatic carbocycles. The number of fused-ring (bicyclic) bond motifs is 1. The van der Waals surface area contributed by atoms with Crippen molar-refractivity contribution in [2.45, 2.75) is 6.54 Å². The number of nitrogens with zero attached hydrogens (tertiary/aromatic N) is 1. The van der Waals surface area contributed by atoms with Gasteiger partial charge in [-0.2, -0.15) is 0 Å². The molecule has 0 fully saturated rings. The molecule has 0 radical (unpaired) electrons. The minimum atomic E-state index is -0.273. The Hall–Kier alpha value is -0.940. The summed E-state index contributed by atoms with van der Waals surface area (Å²) in [7, 11) is 0. The van der Waals surface area contributed by atoms with E-state index in [9.17, 15) is 4.39 Å². The van der Waals surface area contributed by atoms with E-state index in [4.69, 9.17) is 12.2 Å². The van der Waals surface area contributed by atoms with E-state index in [-0.39, 0.29) is 5.82 Å². The van der Waals surface area contributed by atoms with E-state index in [1.807, 2.05) is 0 Å². The number of H-pyrrole nitrogens is 1. The summed E-state index contributed by atoms with van der Waals surface area (Å²) in [5, 5.41) is 0. The molecule has 0 saturated carbocycles. The van der Waals surface area contributed by atoms with Crippen LogP contribution in [0.3, 0.4) is 0 Å². The summed E-state index contributed by atoms with van der Waals surface area (Å²) in [4.78, 5) is 3.01. The highest BCUT2D eigenvalue weighted by atomic mass is 79.9. The lowest BCUT2D eigenvalue weighted by molar-refractivity contribution is 0.628. The SMILES string of the molecule is C=C(Br)Cn1c(=S)[nH]c2ccc(F)cc21. The maximum Gasteiger partial charge on any atom is 0.178 e. The molecule has 0 aliphatic carbocycles. The molecule has 0 aliphatic rings. The van der Waals surface area contributed by atoms with Crippen LogP contribution in [0.5, 0.6) is 0 Å². The number of aromatic nitrogens is 2. The Morgan fingerprint density at radius 1 is 1.60 bits per heavy atom. The average molecular weight is 287 g/mol. The molecule has 1 aromatic heterocycles. The van der Waals surface area contributed by atoms with Crippen LogP contribution in [0.15, 0.2) is 29.3 Å². The molecule has 2 nitrogen and oxygen atoms in total. The van der Waals surface area contributed by atoms with Crippen molar-refractivity contribution in [3.63, 3.8) is 0 Å². The van der Waals surface area contributed by atoms with Crippen molar-refractivity contribution >= 4 is 39.2 Å². The van der Waals surface area contributed by atoms with Crippen LogP contribution < -0.4 is 0 Å². The van der Waals surface area contributed by atoms with E-state index in [0.717, 1.165) is 15.5 Å². The number of hydrogen-bond acceptors (Lipinski definition) is 1. The van der Waals surface area contributed by atoms with Gasteiger partial charge >= 0.3 is 0 Å². The standard InChI is InChI=1S/C10H8BrFN2S/c1-6(11)5-14-9-4-7(12)2-3-8(9)13-10(14)15/h2-4H,1,5H2,(H,13,15). The van der Waals surface area contributed by atoms with Gasteiger partial charge in [0.05, 0.1) is 17.6 Å². The Bertz CT molecular complexity index is 585. The molecule has 2 rings (SSSR count). The molecule has 0 atom stereocenters. The smallest absolute Gasteiger partial charge is 0.178 e. The van der Waals surface area contributed by atoms with Gasteiger partial charge in [0.1, 0.15) is 5.82 Å². The number of rotatable bonds is 2. The lowest BCUT2D eigenvalue weighted by atomic mass is 10.3. The van der Waals surface area contributed by atoms with Crippen LogP contribution in [0.25, 0.3) is 11.0 Å². The van der Waals surface area contributed by atoms with E-state index >= 15 is 0 Å². The number of imidazole rings is 1. The van der Waals surface area contributed by atoms with Gasteiger partial charge in [0, 0.05) is 4.48 Å². The van der Waals surface area contributed by atoms with Gasteiger partial charge in [-0.1, -0.05) is 22.5 Å². The Labute approximate surface area is 99.5 Å². The lowest BCUT2D eigenvalue weighted by Crippen LogP contribution is -1.97. The minimum absolute atomic E-state index is 0.273. The molecule has 0 bridgehead atoms. The number of aromatic amines is 1. The third-order valence-electron chi connectivity index (χ3n) is 2.07. The number of allylic oxidation sites excluding steroid dienone is 1. The first kappa shape index (κ1) is 10.6. The van der Waals surface area contributed by atoms with Crippen LogP contribution in [0.2, 0.25) is 0 Å². The first-order valence-electron chi connectivity index (χ1n) is 4.29. The summed E-state index contributed by atoms with van der Waals surface area (Å²) in [6.07, 6.45) is 0. The summed E-state index contributed by atoms with van der Waals surface area (Å²) in [6, 6.07) is 4.53. The van der Waals surface area contributed by atoms with Gasteiger partial charge in [0.15, 0.2) is 4.77 Å². The summed E-state index contributed by atoms with van der Waals surface area (Å²) in [5.41, 5.74) is 1.58. The Balaban J connectivity index is 2.70. The van der Waals surface area contributed by atoms with Crippen molar-refractivity contribution in [2.24, 2.45) is 0 Å².